The Bertz CT molecular complexity index is 552. The van der Waals surface area contributed by atoms with Crippen molar-refractivity contribution < 1.29 is 19.4 Å². The fourth-order valence-corrected chi connectivity index (χ4v) is 1.65. The summed E-state index contributed by atoms with van der Waals surface area (Å²) in [5.74, 6) is 0.308. The van der Waals surface area contributed by atoms with Gasteiger partial charge in [-0.1, -0.05) is 0 Å². The zero-order chi connectivity index (χ0) is 13.1. The number of nitrogens with one attached hydrogen (secondary N) is 1. The predicted octanol–water partition coefficient (Wildman–Crippen LogP) is 2.40. The molecule has 0 saturated heterocycles. The maximum Gasteiger partial charge on any atom is 0.352 e. The fraction of sp³-hybridized carbons (Fsp3) is 0.154. The number of carboxylic acid groups (broad SMARTS) is 1. The lowest BCUT2D eigenvalue weighted by Gasteiger charge is -2.07. The van der Waals surface area contributed by atoms with Crippen molar-refractivity contribution in [2.75, 3.05) is 14.2 Å². The van der Waals surface area contributed by atoms with Crippen LogP contribution in [0.4, 0.5) is 0 Å². The van der Waals surface area contributed by atoms with Gasteiger partial charge in [-0.25, -0.2) is 4.79 Å². The van der Waals surface area contributed by atoms with E-state index in [1.807, 2.05) is 0 Å². The molecule has 0 amide bonds. The average molecular weight is 247 g/mol. The van der Waals surface area contributed by atoms with Gasteiger partial charge >= 0.3 is 5.97 Å². The Hall–Kier alpha value is -2.43. The highest BCUT2D eigenvalue weighted by Crippen LogP contribution is 2.29. The van der Waals surface area contributed by atoms with Gasteiger partial charge in [0.15, 0.2) is 0 Å². The first kappa shape index (κ1) is 12.0. The van der Waals surface area contributed by atoms with Gasteiger partial charge in [0.2, 0.25) is 0 Å². The van der Waals surface area contributed by atoms with Crippen molar-refractivity contribution in [3.05, 3.63) is 36.0 Å². The molecule has 1 aromatic heterocycles. The molecule has 94 valence electrons. The molecule has 2 aromatic rings. The SMILES string of the molecule is COc1cc(OC)cc(-c2ccc(C(=O)O)[nH]2)c1. The van der Waals surface area contributed by atoms with E-state index >= 15 is 0 Å². The average Bonchev–Trinajstić information content (AvgIpc) is 2.87. The van der Waals surface area contributed by atoms with Gasteiger partial charge in [0.05, 0.1) is 14.2 Å². The number of carbonyl (C=O) groups is 1. The van der Waals surface area contributed by atoms with Crippen LogP contribution in [-0.4, -0.2) is 30.3 Å². The second-order valence-corrected chi connectivity index (χ2v) is 3.69. The summed E-state index contributed by atoms with van der Waals surface area (Å²) in [7, 11) is 3.13. The van der Waals surface area contributed by atoms with Gasteiger partial charge in [-0.2, -0.15) is 0 Å². The maximum atomic E-state index is 10.8. The topological polar surface area (TPSA) is 71.6 Å². The van der Waals surface area contributed by atoms with Crippen molar-refractivity contribution >= 4 is 5.97 Å². The van der Waals surface area contributed by atoms with E-state index in [0.29, 0.717) is 17.2 Å². The molecule has 5 heteroatoms. The number of ether oxygens (including phenoxy) is 2. The quantitative estimate of drug-likeness (QED) is 0.870. The van der Waals surface area contributed by atoms with Crippen molar-refractivity contribution in [1.82, 2.24) is 4.98 Å². The molecule has 0 spiro atoms. The molecule has 0 bridgehead atoms. The molecule has 1 heterocycles. The van der Waals surface area contributed by atoms with E-state index in [4.69, 9.17) is 14.6 Å². The van der Waals surface area contributed by atoms with Gasteiger partial charge in [0, 0.05) is 17.3 Å². The molecule has 0 aliphatic rings. The van der Waals surface area contributed by atoms with Crippen LogP contribution in [0.15, 0.2) is 30.3 Å². The Morgan fingerprint density at radius 1 is 1.11 bits per heavy atom. The molecular weight excluding hydrogens is 234 g/mol. The summed E-state index contributed by atoms with van der Waals surface area (Å²) in [6, 6.07) is 8.59. The van der Waals surface area contributed by atoms with Gasteiger partial charge in [-0.05, 0) is 24.3 Å². The monoisotopic (exact) mass is 247 g/mol. The largest absolute Gasteiger partial charge is 0.497 e. The molecule has 2 N–H and O–H groups in total. The Kier molecular flexibility index (Phi) is 3.23. The number of aromatic carboxylic acids is 1. The van der Waals surface area contributed by atoms with Crippen LogP contribution in [0.1, 0.15) is 10.5 Å². The van der Waals surface area contributed by atoms with Crippen LogP contribution in [-0.2, 0) is 0 Å². The highest BCUT2D eigenvalue weighted by Gasteiger charge is 2.09. The molecule has 0 saturated carbocycles. The summed E-state index contributed by atoms with van der Waals surface area (Å²) in [5.41, 5.74) is 1.65. The molecule has 0 aliphatic carbocycles. The second kappa shape index (κ2) is 4.83. The zero-order valence-corrected chi connectivity index (χ0v) is 10.1. The third-order valence-electron chi connectivity index (χ3n) is 2.58. The number of hydrogen-bond acceptors (Lipinski definition) is 3. The van der Waals surface area contributed by atoms with Crippen LogP contribution in [0, 0.1) is 0 Å². The highest BCUT2D eigenvalue weighted by molar-refractivity contribution is 5.87. The molecule has 0 radical (unpaired) electrons. The Morgan fingerprint density at radius 3 is 2.17 bits per heavy atom. The first-order valence-corrected chi connectivity index (χ1v) is 5.30. The van der Waals surface area contributed by atoms with Crippen LogP contribution in [0.25, 0.3) is 11.3 Å². The number of hydrogen-bond donors (Lipinski definition) is 2. The predicted molar refractivity (Wildman–Crippen MR) is 66.3 cm³/mol. The minimum atomic E-state index is -0.990. The van der Waals surface area contributed by atoms with Crippen molar-refractivity contribution in [3.8, 4) is 22.8 Å². The number of carboxylic acids is 1. The van der Waals surface area contributed by atoms with Gasteiger partial charge in [0.25, 0.3) is 0 Å². The Morgan fingerprint density at radius 2 is 1.72 bits per heavy atom. The molecule has 5 nitrogen and oxygen atoms in total. The molecule has 18 heavy (non-hydrogen) atoms. The van der Waals surface area contributed by atoms with E-state index in [-0.39, 0.29) is 5.69 Å². The summed E-state index contributed by atoms with van der Waals surface area (Å²) in [4.78, 5) is 13.6. The van der Waals surface area contributed by atoms with Crippen LogP contribution in [0.3, 0.4) is 0 Å². The van der Waals surface area contributed by atoms with Crippen LogP contribution in [0.2, 0.25) is 0 Å². The Balaban J connectivity index is 2.45. The number of rotatable bonds is 4. The molecule has 1 aromatic carbocycles. The Labute approximate surface area is 104 Å². The third kappa shape index (κ3) is 2.29. The molecule has 0 fully saturated rings. The van der Waals surface area contributed by atoms with Crippen molar-refractivity contribution in [2.45, 2.75) is 0 Å². The smallest absolute Gasteiger partial charge is 0.352 e. The van der Waals surface area contributed by atoms with E-state index in [0.717, 1.165) is 5.56 Å². The lowest BCUT2D eigenvalue weighted by Crippen LogP contribution is -1.95. The second-order valence-electron chi connectivity index (χ2n) is 3.69. The summed E-state index contributed by atoms with van der Waals surface area (Å²) in [6.45, 7) is 0. The van der Waals surface area contributed by atoms with Gasteiger partial charge in [-0.3, -0.25) is 0 Å². The summed E-state index contributed by atoms with van der Waals surface area (Å²) < 4.78 is 10.3. The van der Waals surface area contributed by atoms with E-state index < -0.39 is 5.97 Å². The first-order chi connectivity index (χ1) is 8.63. The van der Waals surface area contributed by atoms with Crippen molar-refractivity contribution in [1.29, 1.82) is 0 Å². The van der Waals surface area contributed by atoms with Crippen molar-refractivity contribution in [3.63, 3.8) is 0 Å². The van der Waals surface area contributed by atoms with E-state index in [9.17, 15) is 4.79 Å². The number of benzene rings is 1. The lowest BCUT2D eigenvalue weighted by atomic mass is 10.1. The minimum Gasteiger partial charge on any atom is -0.497 e. The molecule has 0 atom stereocenters. The lowest BCUT2D eigenvalue weighted by molar-refractivity contribution is 0.0691. The molecular formula is C13H13NO4. The normalized spacial score (nSPS) is 10.1. The van der Waals surface area contributed by atoms with Gasteiger partial charge in [-0.15, -0.1) is 0 Å². The molecule has 0 unspecified atom stereocenters. The zero-order valence-electron chi connectivity index (χ0n) is 10.1. The number of aromatic amines is 1. The standard InChI is InChI=1S/C13H13NO4/c1-17-9-5-8(6-10(7-9)18-2)11-3-4-12(14-11)13(15)16/h3-7,14H,1-2H3,(H,15,16). The van der Waals surface area contributed by atoms with Crippen LogP contribution < -0.4 is 9.47 Å². The summed E-state index contributed by atoms with van der Waals surface area (Å²) in [5, 5.41) is 8.87. The fourth-order valence-electron chi connectivity index (χ4n) is 1.65. The van der Waals surface area contributed by atoms with E-state index in [2.05, 4.69) is 4.98 Å². The first-order valence-electron chi connectivity index (χ1n) is 5.30. The summed E-state index contributed by atoms with van der Waals surface area (Å²) >= 11 is 0. The summed E-state index contributed by atoms with van der Waals surface area (Å²) in [6.07, 6.45) is 0. The van der Waals surface area contributed by atoms with Crippen molar-refractivity contribution in [2.24, 2.45) is 0 Å². The van der Waals surface area contributed by atoms with E-state index in [1.54, 1.807) is 38.5 Å². The van der Waals surface area contributed by atoms with Gasteiger partial charge in [0.1, 0.15) is 17.2 Å². The van der Waals surface area contributed by atoms with Crippen LogP contribution in [0.5, 0.6) is 11.5 Å². The number of methoxy groups -OCH3 is 2. The van der Waals surface area contributed by atoms with Gasteiger partial charge < -0.3 is 19.6 Å². The number of H-pyrrole nitrogens is 1. The molecule has 0 aliphatic heterocycles. The third-order valence-corrected chi connectivity index (χ3v) is 2.58. The van der Waals surface area contributed by atoms with Crippen LogP contribution >= 0.6 is 0 Å². The maximum absolute atomic E-state index is 10.8. The minimum absolute atomic E-state index is 0.145. The number of aromatic nitrogens is 1. The van der Waals surface area contributed by atoms with E-state index in [1.165, 1.54) is 6.07 Å². The highest BCUT2D eigenvalue weighted by atomic mass is 16.5. The molecule has 2 rings (SSSR count).